The van der Waals surface area contributed by atoms with Crippen LogP contribution in [0.1, 0.15) is 5.56 Å². The molecule has 0 aliphatic carbocycles. The van der Waals surface area contributed by atoms with Crippen LogP contribution in [0.2, 0.25) is 4.34 Å². The van der Waals surface area contributed by atoms with Gasteiger partial charge in [0.2, 0.25) is 5.91 Å². The standard InChI is InChI=1S/C11H16ClN3O3S2/c1-7-5-9(19-10(7)12)20(17,18)15-4-3-14-6-8(15)11(16)13-2/h5,8,14H,3-4,6H2,1-2H3,(H,13,16). The highest BCUT2D eigenvalue weighted by Crippen LogP contribution is 2.32. The van der Waals surface area contributed by atoms with Crippen molar-refractivity contribution in [3.05, 3.63) is 16.0 Å². The number of sulfonamides is 1. The predicted molar refractivity (Wildman–Crippen MR) is 78.7 cm³/mol. The van der Waals surface area contributed by atoms with Crippen LogP contribution in [0.3, 0.4) is 0 Å². The van der Waals surface area contributed by atoms with Crippen LogP contribution in [0.15, 0.2) is 10.3 Å². The fourth-order valence-electron chi connectivity index (χ4n) is 2.04. The zero-order valence-corrected chi connectivity index (χ0v) is 13.5. The maximum Gasteiger partial charge on any atom is 0.253 e. The van der Waals surface area contributed by atoms with E-state index in [0.717, 1.165) is 16.9 Å². The predicted octanol–water partition coefficient (Wildman–Crippen LogP) is 0.418. The topological polar surface area (TPSA) is 78.5 Å². The van der Waals surface area contributed by atoms with Crippen molar-refractivity contribution in [3.63, 3.8) is 0 Å². The molecule has 20 heavy (non-hydrogen) atoms. The Morgan fingerprint density at radius 1 is 1.60 bits per heavy atom. The molecule has 0 radical (unpaired) electrons. The number of halogens is 1. The summed E-state index contributed by atoms with van der Waals surface area (Å²) in [6.45, 7) is 2.84. The second kappa shape index (κ2) is 5.98. The van der Waals surface area contributed by atoms with Crippen molar-refractivity contribution in [2.45, 2.75) is 17.2 Å². The zero-order valence-electron chi connectivity index (χ0n) is 11.1. The van der Waals surface area contributed by atoms with E-state index in [2.05, 4.69) is 10.6 Å². The smallest absolute Gasteiger partial charge is 0.253 e. The summed E-state index contributed by atoms with van der Waals surface area (Å²) in [5.74, 6) is -0.319. The first kappa shape index (κ1) is 15.7. The fraction of sp³-hybridized carbons (Fsp3) is 0.545. The molecule has 1 aliphatic heterocycles. The Labute approximate surface area is 127 Å². The molecule has 1 aliphatic rings. The highest BCUT2D eigenvalue weighted by molar-refractivity contribution is 7.91. The number of likely N-dealkylation sites (N-methyl/N-ethyl adjacent to an activating group) is 1. The molecular weight excluding hydrogens is 322 g/mol. The first-order valence-corrected chi connectivity index (χ1v) is 8.71. The van der Waals surface area contributed by atoms with Gasteiger partial charge in [-0.1, -0.05) is 11.6 Å². The Balaban J connectivity index is 2.37. The second-order valence-corrected chi connectivity index (χ2v) is 8.24. The molecule has 0 spiro atoms. The number of amides is 1. The number of carbonyl (C=O) groups is 1. The Morgan fingerprint density at radius 2 is 2.30 bits per heavy atom. The molecule has 112 valence electrons. The average Bonchev–Trinajstić information content (AvgIpc) is 2.78. The van der Waals surface area contributed by atoms with E-state index in [4.69, 9.17) is 11.6 Å². The van der Waals surface area contributed by atoms with Crippen LogP contribution in [-0.4, -0.2) is 51.4 Å². The molecule has 1 aromatic rings. The molecule has 1 fully saturated rings. The van der Waals surface area contributed by atoms with E-state index in [1.807, 2.05) is 0 Å². The van der Waals surface area contributed by atoms with Crippen molar-refractivity contribution < 1.29 is 13.2 Å². The molecule has 1 aromatic heterocycles. The van der Waals surface area contributed by atoms with Crippen LogP contribution < -0.4 is 10.6 Å². The molecule has 1 atom stereocenters. The summed E-state index contributed by atoms with van der Waals surface area (Å²) in [4.78, 5) is 11.8. The van der Waals surface area contributed by atoms with E-state index in [9.17, 15) is 13.2 Å². The van der Waals surface area contributed by atoms with Gasteiger partial charge in [0.05, 0.1) is 4.34 Å². The number of carbonyl (C=O) groups excluding carboxylic acids is 1. The van der Waals surface area contributed by atoms with Gasteiger partial charge in [0, 0.05) is 26.7 Å². The van der Waals surface area contributed by atoms with E-state index >= 15 is 0 Å². The van der Waals surface area contributed by atoms with Crippen LogP contribution in [0.5, 0.6) is 0 Å². The normalized spacial score (nSPS) is 20.9. The van der Waals surface area contributed by atoms with Gasteiger partial charge in [0.1, 0.15) is 10.3 Å². The molecule has 2 rings (SSSR count). The molecule has 0 aromatic carbocycles. The van der Waals surface area contributed by atoms with Gasteiger partial charge in [0.15, 0.2) is 0 Å². The van der Waals surface area contributed by atoms with Crippen LogP contribution in [0.4, 0.5) is 0 Å². The molecule has 1 unspecified atom stereocenters. The summed E-state index contributed by atoms with van der Waals surface area (Å²) < 4.78 is 27.2. The molecule has 1 saturated heterocycles. The number of rotatable bonds is 3. The molecule has 0 bridgehead atoms. The van der Waals surface area contributed by atoms with E-state index in [1.54, 1.807) is 13.0 Å². The van der Waals surface area contributed by atoms with Gasteiger partial charge >= 0.3 is 0 Å². The lowest BCUT2D eigenvalue weighted by molar-refractivity contribution is -0.124. The Morgan fingerprint density at radius 3 is 2.85 bits per heavy atom. The van der Waals surface area contributed by atoms with Crippen LogP contribution >= 0.6 is 22.9 Å². The molecular formula is C11H16ClN3O3S2. The number of nitrogens with zero attached hydrogens (tertiary/aromatic N) is 1. The largest absolute Gasteiger partial charge is 0.358 e. The summed E-state index contributed by atoms with van der Waals surface area (Å²) >= 11 is 6.96. The van der Waals surface area contributed by atoms with Crippen LogP contribution in [0.25, 0.3) is 0 Å². The number of piperazine rings is 1. The minimum atomic E-state index is -3.70. The molecule has 2 heterocycles. The molecule has 0 saturated carbocycles. The lowest BCUT2D eigenvalue weighted by atomic mass is 10.2. The van der Waals surface area contributed by atoms with Crippen molar-refractivity contribution in [1.29, 1.82) is 0 Å². The fourth-order valence-corrected chi connectivity index (χ4v) is 5.46. The first-order valence-electron chi connectivity index (χ1n) is 6.08. The number of thiophene rings is 1. The summed E-state index contributed by atoms with van der Waals surface area (Å²) in [6, 6.07) is 0.811. The molecule has 1 amide bonds. The Kier molecular flexibility index (Phi) is 4.70. The third kappa shape index (κ3) is 2.84. The van der Waals surface area contributed by atoms with E-state index in [-0.39, 0.29) is 16.7 Å². The van der Waals surface area contributed by atoms with Crippen molar-refractivity contribution in [2.75, 3.05) is 26.7 Å². The highest BCUT2D eigenvalue weighted by atomic mass is 35.5. The Bertz CT molecular complexity index is 595. The van der Waals surface area contributed by atoms with Crippen molar-refractivity contribution in [3.8, 4) is 0 Å². The van der Waals surface area contributed by atoms with E-state index in [1.165, 1.54) is 11.4 Å². The summed E-state index contributed by atoms with van der Waals surface area (Å²) in [5, 5.41) is 5.53. The average molecular weight is 338 g/mol. The van der Waals surface area contributed by atoms with Gasteiger partial charge in [0.25, 0.3) is 10.0 Å². The van der Waals surface area contributed by atoms with E-state index < -0.39 is 16.1 Å². The van der Waals surface area contributed by atoms with Gasteiger partial charge < -0.3 is 10.6 Å². The van der Waals surface area contributed by atoms with Gasteiger partial charge in [-0.05, 0) is 18.6 Å². The minimum absolute atomic E-state index is 0.177. The Hall–Kier alpha value is -0.670. The van der Waals surface area contributed by atoms with Crippen molar-refractivity contribution in [2.24, 2.45) is 0 Å². The van der Waals surface area contributed by atoms with Crippen molar-refractivity contribution >= 4 is 38.9 Å². The lowest BCUT2D eigenvalue weighted by Gasteiger charge is -2.33. The molecule has 6 nitrogen and oxygen atoms in total. The molecule has 2 N–H and O–H groups in total. The highest BCUT2D eigenvalue weighted by Gasteiger charge is 2.38. The van der Waals surface area contributed by atoms with Gasteiger partial charge in [-0.25, -0.2) is 8.42 Å². The monoisotopic (exact) mass is 337 g/mol. The zero-order chi connectivity index (χ0) is 14.9. The SMILES string of the molecule is CNC(=O)C1CNCCN1S(=O)(=O)c1cc(C)c(Cl)s1. The number of nitrogens with one attached hydrogen (secondary N) is 2. The van der Waals surface area contributed by atoms with E-state index in [0.29, 0.717) is 17.4 Å². The second-order valence-electron chi connectivity index (χ2n) is 4.47. The third-order valence-electron chi connectivity index (χ3n) is 3.14. The first-order chi connectivity index (χ1) is 9.37. The summed E-state index contributed by atoms with van der Waals surface area (Å²) in [7, 11) is -2.21. The van der Waals surface area contributed by atoms with Gasteiger partial charge in [-0.3, -0.25) is 4.79 Å². The van der Waals surface area contributed by atoms with Crippen LogP contribution in [-0.2, 0) is 14.8 Å². The van der Waals surface area contributed by atoms with Crippen LogP contribution in [0, 0.1) is 6.92 Å². The lowest BCUT2D eigenvalue weighted by Crippen LogP contribution is -2.58. The number of aryl methyl sites for hydroxylation is 1. The minimum Gasteiger partial charge on any atom is -0.358 e. The summed E-state index contributed by atoms with van der Waals surface area (Å²) in [5.41, 5.74) is 0.724. The maximum absolute atomic E-state index is 12.7. The van der Waals surface area contributed by atoms with Crippen molar-refractivity contribution in [1.82, 2.24) is 14.9 Å². The summed E-state index contributed by atoms with van der Waals surface area (Å²) in [6.07, 6.45) is 0. The van der Waals surface area contributed by atoms with Gasteiger partial charge in [-0.15, -0.1) is 11.3 Å². The third-order valence-corrected chi connectivity index (χ3v) is 7.05. The maximum atomic E-state index is 12.7. The number of hydrogen-bond donors (Lipinski definition) is 2. The molecule has 9 heteroatoms. The quantitative estimate of drug-likeness (QED) is 0.838. The van der Waals surface area contributed by atoms with Gasteiger partial charge in [-0.2, -0.15) is 4.31 Å². The number of hydrogen-bond acceptors (Lipinski definition) is 5.